The van der Waals surface area contributed by atoms with Crippen LogP contribution in [-0.2, 0) is 0 Å². The van der Waals surface area contributed by atoms with Gasteiger partial charge in [-0.1, -0.05) is 176 Å². The van der Waals surface area contributed by atoms with Crippen molar-refractivity contribution in [3.8, 4) is 22.5 Å². The lowest BCUT2D eigenvalue weighted by Crippen LogP contribution is -2.10. The zero-order valence-corrected chi connectivity index (χ0v) is 29.7. The minimum atomic E-state index is 0.650. The topological polar surface area (TPSA) is 38.1 Å². The van der Waals surface area contributed by atoms with Crippen molar-refractivity contribution in [2.75, 3.05) is 0 Å². The minimum Gasteiger partial charge on any atom is -0.249 e. The van der Waals surface area contributed by atoms with E-state index >= 15 is 0 Å². The molecule has 9 aromatic rings. The zero-order valence-electron chi connectivity index (χ0n) is 29.7. The molecule has 54 heavy (non-hydrogen) atoms. The summed E-state index contributed by atoms with van der Waals surface area (Å²) in [6.07, 6.45) is 6.11. The summed E-state index contributed by atoms with van der Waals surface area (Å²) in [4.78, 5) is 16.3. The van der Waals surface area contributed by atoms with Crippen LogP contribution in [0.5, 0.6) is 0 Å². The van der Waals surface area contributed by atoms with E-state index < -0.39 is 0 Å². The van der Waals surface area contributed by atoms with Crippen LogP contribution in [0.2, 0.25) is 0 Å². The van der Waals surface area contributed by atoms with Gasteiger partial charge in [-0.25, -0.2) is 15.0 Å². The molecule has 3 heteroatoms. The molecule has 0 atom stereocenters. The molecule has 0 aliphatic carbocycles. The lowest BCUT2D eigenvalue weighted by atomic mass is 9.93. The Morgan fingerprint density at radius 1 is 0.389 bits per heavy atom. The molecule has 1 aliphatic rings. The number of rotatable bonds is 5. The molecule has 0 unspecified atom stereocenters. The largest absolute Gasteiger partial charge is 0.249 e. The summed E-state index contributed by atoms with van der Waals surface area (Å²) < 4.78 is 0. The standard InChI is InChI=1S/C51H35N3/c1-5-23-39-34(14-1)18-9-27-43(39)38-22-13-31-47(52-48(32-38)44-28-10-19-35-15-2-6-24-40(35)44)51-53-49(45-29-11-20-36-16-3-7-25-41(36)45)33-50(54-51)46-30-12-21-37-17-4-8-26-42(37)46/h1-12,14-30,32-33H,13,31H2. The van der Waals surface area contributed by atoms with Crippen molar-refractivity contribution in [2.24, 2.45) is 4.99 Å². The zero-order chi connectivity index (χ0) is 35.8. The molecule has 0 radical (unpaired) electrons. The molecule has 3 nitrogen and oxygen atoms in total. The summed E-state index contributed by atoms with van der Waals surface area (Å²) in [6, 6.07) is 62.3. The second-order valence-corrected chi connectivity index (χ2v) is 13.9. The number of fused-ring (bicyclic) bond motifs is 4. The lowest BCUT2D eigenvalue weighted by Gasteiger charge is -2.17. The molecule has 1 aromatic heterocycles. The van der Waals surface area contributed by atoms with Crippen molar-refractivity contribution in [3.63, 3.8) is 0 Å². The molecule has 0 saturated carbocycles. The van der Waals surface area contributed by atoms with Gasteiger partial charge in [0, 0.05) is 16.7 Å². The first-order valence-electron chi connectivity index (χ1n) is 18.6. The van der Waals surface area contributed by atoms with Crippen molar-refractivity contribution in [3.05, 3.63) is 205 Å². The predicted octanol–water partition coefficient (Wildman–Crippen LogP) is 13.1. The van der Waals surface area contributed by atoms with Crippen LogP contribution in [0.15, 0.2) is 193 Å². The maximum atomic E-state index is 5.59. The molecule has 1 aliphatic heterocycles. The molecule has 0 N–H and O–H groups in total. The number of benzene rings is 8. The molecule has 2 heterocycles. The molecule has 0 amide bonds. The Labute approximate surface area is 314 Å². The molecular formula is C51H35N3. The Bertz CT molecular complexity index is 2880. The molecule has 0 fully saturated rings. The molecule has 0 saturated heterocycles. The fourth-order valence-electron chi connectivity index (χ4n) is 7.97. The van der Waals surface area contributed by atoms with Crippen LogP contribution in [0, 0.1) is 0 Å². The summed E-state index contributed by atoms with van der Waals surface area (Å²) in [7, 11) is 0. The van der Waals surface area contributed by atoms with Gasteiger partial charge in [0.2, 0.25) is 0 Å². The Morgan fingerprint density at radius 2 is 0.796 bits per heavy atom. The number of nitrogens with zero attached hydrogens (tertiary/aromatic N) is 3. The van der Waals surface area contributed by atoms with Gasteiger partial charge in [0.1, 0.15) is 0 Å². The maximum absolute atomic E-state index is 5.59. The highest BCUT2D eigenvalue weighted by Gasteiger charge is 2.19. The second kappa shape index (κ2) is 13.5. The van der Waals surface area contributed by atoms with Crippen molar-refractivity contribution in [2.45, 2.75) is 12.8 Å². The van der Waals surface area contributed by atoms with Crippen LogP contribution in [0.1, 0.15) is 29.8 Å². The lowest BCUT2D eigenvalue weighted by molar-refractivity contribution is 1.05. The Morgan fingerprint density at radius 3 is 1.31 bits per heavy atom. The van der Waals surface area contributed by atoms with Crippen LogP contribution in [0.25, 0.3) is 76.9 Å². The Kier molecular flexibility index (Phi) is 7.96. The van der Waals surface area contributed by atoms with E-state index in [0.29, 0.717) is 12.2 Å². The number of hydrogen-bond donors (Lipinski definition) is 0. The van der Waals surface area contributed by atoms with Gasteiger partial charge in [0.15, 0.2) is 5.82 Å². The van der Waals surface area contributed by atoms with Gasteiger partial charge in [-0.3, -0.25) is 0 Å². The van der Waals surface area contributed by atoms with Gasteiger partial charge in [0.05, 0.1) is 22.8 Å². The van der Waals surface area contributed by atoms with E-state index in [4.69, 9.17) is 15.0 Å². The van der Waals surface area contributed by atoms with Crippen LogP contribution >= 0.6 is 0 Å². The first-order chi connectivity index (χ1) is 26.8. The quantitative estimate of drug-likeness (QED) is 0.180. The third kappa shape index (κ3) is 5.77. The molecule has 10 rings (SSSR count). The Hall–Kier alpha value is -6.97. The predicted molar refractivity (Wildman–Crippen MR) is 228 cm³/mol. The average Bonchev–Trinajstić information content (AvgIpc) is 3.23. The summed E-state index contributed by atoms with van der Waals surface area (Å²) in [5.41, 5.74) is 9.13. The van der Waals surface area contributed by atoms with Crippen LogP contribution in [0.3, 0.4) is 0 Å². The first-order valence-corrected chi connectivity index (χ1v) is 18.6. The summed E-state index contributed by atoms with van der Waals surface area (Å²) >= 11 is 0. The third-order valence-electron chi connectivity index (χ3n) is 10.6. The number of allylic oxidation sites excluding steroid dienone is 3. The van der Waals surface area contributed by atoms with E-state index in [1.165, 1.54) is 38.1 Å². The van der Waals surface area contributed by atoms with Gasteiger partial charge < -0.3 is 0 Å². The summed E-state index contributed by atoms with van der Waals surface area (Å²) in [5.74, 6) is 0.650. The number of hydrogen-bond acceptors (Lipinski definition) is 3. The van der Waals surface area contributed by atoms with E-state index in [-0.39, 0.29) is 0 Å². The van der Waals surface area contributed by atoms with E-state index in [0.717, 1.165) is 62.1 Å². The molecule has 0 spiro atoms. The molecule has 254 valence electrons. The monoisotopic (exact) mass is 689 g/mol. The molecule has 0 bridgehead atoms. The van der Waals surface area contributed by atoms with E-state index in [9.17, 15) is 0 Å². The van der Waals surface area contributed by atoms with Crippen LogP contribution in [-0.4, -0.2) is 15.7 Å². The summed E-state index contributed by atoms with van der Waals surface area (Å²) in [5, 5.41) is 9.47. The van der Waals surface area contributed by atoms with Crippen molar-refractivity contribution in [1.82, 2.24) is 9.97 Å². The number of aliphatic imine (C=N–C) groups is 1. The van der Waals surface area contributed by atoms with Crippen molar-refractivity contribution in [1.29, 1.82) is 0 Å². The van der Waals surface area contributed by atoms with Gasteiger partial charge >= 0.3 is 0 Å². The maximum Gasteiger partial charge on any atom is 0.175 e. The van der Waals surface area contributed by atoms with E-state index in [1.807, 2.05) is 0 Å². The minimum absolute atomic E-state index is 0.650. The average molecular weight is 690 g/mol. The van der Waals surface area contributed by atoms with E-state index in [2.05, 4.69) is 188 Å². The highest BCUT2D eigenvalue weighted by atomic mass is 14.9. The first kappa shape index (κ1) is 31.7. The van der Waals surface area contributed by atoms with Gasteiger partial charge in [0.25, 0.3) is 0 Å². The van der Waals surface area contributed by atoms with Crippen molar-refractivity contribution >= 4 is 60.1 Å². The SMILES string of the molecule is C1=C(c2cccc3ccccc23)C=C(c2cccc3ccccc23)N=C(c2nc(-c3cccc4ccccc34)cc(-c3cccc4ccccc34)n2)CC1. The fourth-order valence-corrected chi connectivity index (χ4v) is 7.97. The fraction of sp³-hybridized carbons (Fsp3) is 0.0392. The summed E-state index contributed by atoms with van der Waals surface area (Å²) in [6.45, 7) is 0. The van der Waals surface area contributed by atoms with E-state index in [1.54, 1.807) is 0 Å². The number of aromatic nitrogens is 2. The van der Waals surface area contributed by atoms with Crippen LogP contribution < -0.4 is 0 Å². The van der Waals surface area contributed by atoms with Crippen LogP contribution in [0.4, 0.5) is 0 Å². The van der Waals surface area contributed by atoms with Gasteiger partial charge in [-0.15, -0.1) is 0 Å². The second-order valence-electron chi connectivity index (χ2n) is 13.9. The highest BCUT2D eigenvalue weighted by molar-refractivity contribution is 6.08. The van der Waals surface area contributed by atoms with Crippen molar-refractivity contribution < 1.29 is 0 Å². The highest BCUT2D eigenvalue weighted by Crippen LogP contribution is 2.36. The smallest absolute Gasteiger partial charge is 0.175 e. The third-order valence-corrected chi connectivity index (χ3v) is 10.6. The molecular weight excluding hydrogens is 655 g/mol. The Balaban J connectivity index is 1.22. The normalized spacial score (nSPS) is 13.4. The molecule has 8 aromatic carbocycles. The van der Waals surface area contributed by atoms with Gasteiger partial charge in [-0.05, 0) is 79.2 Å². The van der Waals surface area contributed by atoms with Gasteiger partial charge in [-0.2, -0.15) is 0 Å².